The Balaban J connectivity index is 2.36. The summed E-state index contributed by atoms with van der Waals surface area (Å²) >= 11 is 0. The van der Waals surface area contributed by atoms with Crippen LogP contribution in [0.25, 0.3) is 10.9 Å². The summed E-state index contributed by atoms with van der Waals surface area (Å²) in [7, 11) is 0. The molecule has 0 aliphatic rings. The second-order valence-electron chi connectivity index (χ2n) is 5.28. The SMILES string of the molecule is CCCN(CC)C(CN)c1ccc2nc(C)ccc2c1. The van der Waals surface area contributed by atoms with Crippen LogP contribution in [-0.4, -0.2) is 29.5 Å². The lowest BCUT2D eigenvalue weighted by atomic mass is 10.0. The molecule has 1 atom stereocenters. The van der Waals surface area contributed by atoms with Gasteiger partial charge in [0.05, 0.1) is 5.52 Å². The van der Waals surface area contributed by atoms with Gasteiger partial charge in [-0.3, -0.25) is 9.88 Å². The number of fused-ring (bicyclic) bond motifs is 1. The summed E-state index contributed by atoms with van der Waals surface area (Å²) in [5, 5.41) is 1.19. The van der Waals surface area contributed by atoms with Crippen molar-refractivity contribution in [3.8, 4) is 0 Å². The Kier molecular flexibility index (Phi) is 5.10. The fourth-order valence-corrected chi connectivity index (χ4v) is 2.77. The fourth-order valence-electron chi connectivity index (χ4n) is 2.77. The smallest absolute Gasteiger partial charge is 0.0705 e. The number of aromatic nitrogens is 1. The molecule has 108 valence electrons. The molecule has 1 aromatic carbocycles. The van der Waals surface area contributed by atoms with Crippen LogP contribution in [0.5, 0.6) is 0 Å². The molecule has 1 aromatic heterocycles. The van der Waals surface area contributed by atoms with Gasteiger partial charge in [0.25, 0.3) is 0 Å². The van der Waals surface area contributed by atoms with Gasteiger partial charge in [-0.25, -0.2) is 0 Å². The van der Waals surface area contributed by atoms with E-state index in [2.05, 4.69) is 54.1 Å². The highest BCUT2D eigenvalue weighted by Crippen LogP contribution is 2.23. The first kappa shape index (κ1) is 14.9. The predicted octanol–water partition coefficient (Wildman–Crippen LogP) is 3.27. The second-order valence-corrected chi connectivity index (χ2v) is 5.28. The molecule has 0 saturated heterocycles. The van der Waals surface area contributed by atoms with E-state index in [1.54, 1.807) is 0 Å². The average Bonchev–Trinajstić information content (AvgIpc) is 2.47. The highest BCUT2D eigenvalue weighted by molar-refractivity contribution is 5.79. The maximum Gasteiger partial charge on any atom is 0.0705 e. The van der Waals surface area contributed by atoms with E-state index in [4.69, 9.17) is 5.73 Å². The van der Waals surface area contributed by atoms with Gasteiger partial charge in [0, 0.05) is 23.7 Å². The van der Waals surface area contributed by atoms with E-state index >= 15 is 0 Å². The summed E-state index contributed by atoms with van der Waals surface area (Å²) in [5.41, 5.74) is 9.43. The maximum absolute atomic E-state index is 6.02. The number of hydrogen-bond acceptors (Lipinski definition) is 3. The summed E-state index contributed by atoms with van der Waals surface area (Å²) < 4.78 is 0. The minimum Gasteiger partial charge on any atom is -0.329 e. The number of nitrogens with two attached hydrogens (primary N) is 1. The molecule has 0 radical (unpaired) electrons. The van der Waals surface area contributed by atoms with E-state index in [1.165, 1.54) is 10.9 Å². The average molecular weight is 271 g/mol. The van der Waals surface area contributed by atoms with Crippen LogP contribution in [0, 0.1) is 6.92 Å². The van der Waals surface area contributed by atoms with Crippen LogP contribution in [0.4, 0.5) is 0 Å². The molecular formula is C17H25N3. The Hall–Kier alpha value is -1.45. The first-order valence-electron chi connectivity index (χ1n) is 7.51. The van der Waals surface area contributed by atoms with Crippen molar-refractivity contribution in [2.45, 2.75) is 33.2 Å². The third-order valence-corrected chi connectivity index (χ3v) is 3.82. The molecule has 20 heavy (non-hydrogen) atoms. The molecule has 0 spiro atoms. The molecule has 2 aromatic rings. The van der Waals surface area contributed by atoms with Crippen LogP contribution < -0.4 is 5.73 Å². The van der Waals surface area contributed by atoms with Crippen LogP contribution in [0.2, 0.25) is 0 Å². The standard InChI is InChI=1S/C17H25N3/c1-4-10-20(5-2)17(12-18)15-8-9-16-14(11-15)7-6-13(3)19-16/h6-9,11,17H,4-5,10,12,18H2,1-3H3. The van der Waals surface area contributed by atoms with E-state index in [0.29, 0.717) is 12.6 Å². The van der Waals surface area contributed by atoms with Crippen LogP contribution in [0.1, 0.15) is 37.6 Å². The lowest BCUT2D eigenvalue weighted by Gasteiger charge is -2.30. The monoisotopic (exact) mass is 271 g/mol. The second kappa shape index (κ2) is 6.82. The number of hydrogen-bond donors (Lipinski definition) is 1. The van der Waals surface area contributed by atoms with Gasteiger partial charge in [0.1, 0.15) is 0 Å². The zero-order chi connectivity index (χ0) is 14.5. The molecule has 0 bridgehead atoms. The van der Waals surface area contributed by atoms with E-state index in [9.17, 15) is 0 Å². The van der Waals surface area contributed by atoms with Crippen molar-refractivity contribution in [1.29, 1.82) is 0 Å². The van der Waals surface area contributed by atoms with E-state index in [-0.39, 0.29) is 0 Å². The van der Waals surface area contributed by atoms with Gasteiger partial charge in [-0.1, -0.05) is 26.0 Å². The largest absolute Gasteiger partial charge is 0.329 e. The topological polar surface area (TPSA) is 42.1 Å². The van der Waals surface area contributed by atoms with Crippen molar-refractivity contribution in [2.24, 2.45) is 5.73 Å². The van der Waals surface area contributed by atoms with Gasteiger partial charge < -0.3 is 5.73 Å². The van der Waals surface area contributed by atoms with E-state index in [1.807, 2.05) is 6.92 Å². The summed E-state index contributed by atoms with van der Waals surface area (Å²) in [6.07, 6.45) is 1.15. The van der Waals surface area contributed by atoms with Crippen LogP contribution in [-0.2, 0) is 0 Å². The number of rotatable bonds is 6. The molecular weight excluding hydrogens is 246 g/mol. The number of benzene rings is 1. The molecule has 2 N–H and O–H groups in total. The molecule has 2 rings (SSSR count). The normalized spacial score (nSPS) is 13.1. The first-order chi connectivity index (χ1) is 9.69. The molecule has 3 heteroatoms. The van der Waals surface area contributed by atoms with Gasteiger partial charge >= 0.3 is 0 Å². The van der Waals surface area contributed by atoms with Gasteiger partial charge in [0.15, 0.2) is 0 Å². The van der Waals surface area contributed by atoms with E-state index in [0.717, 1.165) is 30.7 Å². The Morgan fingerprint density at radius 2 is 2.00 bits per heavy atom. The lowest BCUT2D eigenvalue weighted by Crippen LogP contribution is -2.34. The molecule has 1 unspecified atom stereocenters. The van der Waals surface area contributed by atoms with Gasteiger partial charge in [-0.2, -0.15) is 0 Å². The quantitative estimate of drug-likeness (QED) is 0.876. The van der Waals surface area contributed by atoms with Crippen molar-refractivity contribution in [1.82, 2.24) is 9.88 Å². The van der Waals surface area contributed by atoms with Gasteiger partial charge in [0.2, 0.25) is 0 Å². The fraction of sp³-hybridized carbons (Fsp3) is 0.471. The van der Waals surface area contributed by atoms with Crippen molar-refractivity contribution in [3.63, 3.8) is 0 Å². The Labute approximate surface area is 121 Å². The summed E-state index contributed by atoms with van der Waals surface area (Å²) in [5.74, 6) is 0. The Morgan fingerprint density at radius 3 is 2.65 bits per heavy atom. The zero-order valence-corrected chi connectivity index (χ0v) is 12.8. The molecule has 0 aliphatic heterocycles. The Bertz CT molecular complexity index is 565. The van der Waals surface area contributed by atoms with E-state index < -0.39 is 0 Å². The minimum atomic E-state index is 0.297. The van der Waals surface area contributed by atoms with Crippen molar-refractivity contribution in [3.05, 3.63) is 41.6 Å². The molecule has 1 heterocycles. The number of pyridine rings is 1. The van der Waals surface area contributed by atoms with Crippen LogP contribution in [0.3, 0.4) is 0 Å². The third-order valence-electron chi connectivity index (χ3n) is 3.82. The van der Waals surface area contributed by atoms with Gasteiger partial charge in [-0.15, -0.1) is 0 Å². The molecule has 3 nitrogen and oxygen atoms in total. The third kappa shape index (κ3) is 3.17. The number of likely N-dealkylation sites (N-methyl/N-ethyl adjacent to an activating group) is 1. The van der Waals surface area contributed by atoms with Crippen molar-refractivity contribution < 1.29 is 0 Å². The van der Waals surface area contributed by atoms with Crippen molar-refractivity contribution in [2.75, 3.05) is 19.6 Å². The predicted molar refractivity (Wildman–Crippen MR) is 85.8 cm³/mol. The molecule has 0 amide bonds. The number of aryl methyl sites for hydroxylation is 1. The van der Waals surface area contributed by atoms with Gasteiger partial charge in [-0.05, 0) is 50.2 Å². The summed E-state index contributed by atoms with van der Waals surface area (Å²) in [6, 6.07) is 11.0. The zero-order valence-electron chi connectivity index (χ0n) is 12.8. The molecule has 0 fully saturated rings. The number of nitrogens with zero attached hydrogens (tertiary/aromatic N) is 2. The minimum absolute atomic E-state index is 0.297. The molecule has 0 saturated carbocycles. The first-order valence-corrected chi connectivity index (χ1v) is 7.51. The molecule has 0 aliphatic carbocycles. The van der Waals surface area contributed by atoms with Crippen LogP contribution >= 0.6 is 0 Å². The highest BCUT2D eigenvalue weighted by atomic mass is 15.2. The van der Waals surface area contributed by atoms with Crippen LogP contribution in [0.15, 0.2) is 30.3 Å². The summed E-state index contributed by atoms with van der Waals surface area (Å²) in [4.78, 5) is 7.01. The Morgan fingerprint density at radius 1 is 1.20 bits per heavy atom. The summed E-state index contributed by atoms with van der Waals surface area (Å²) in [6.45, 7) is 9.20. The van der Waals surface area contributed by atoms with Crippen molar-refractivity contribution >= 4 is 10.9 Å². The highest BCUT2D eigenvalue weighted by Gasteiger charge is 2.17. The maximum atomic E-state index is 6.02. The lowest BCUT2D eigenvalue weighted by molar-refractivity contribution is 0.213.